The Hall–Kier alpha value is -3.27. The Balaban J connectivity index is 1.47. The average Bonchev–Trinajstić information content (AvgIpc) is 2.72. The summed E-state index contributed by atoms with van der Waals surface area (Å²) >= 11 is 0. The van der Waals surface area contributed by atoms with Crippen LogP contribution in [-0.2, 0) is 0 Å². The van der Waals surface area contributed by atoms with Gasteiger partial charge in [-0.15, -0.1) is 0 Å². The van der Waals surface area contributed by atoms with Crippen molar-refractivity contribution in [2.24, 2.45) is 0 Å². The predicted octanol–water partition coefficient (Wildman–Crippen LogP) is 4.17. The lowest BCUT2D eigenvalue weighted by Gasteiger charge is -2.09. The number of hydrogen-bond acceptors (Lipinski definition) is 3. The molecule has 0 spiro atoms. The van der Waals surface area contributed by atoms with E-state index in [0.717, 1.165) is 22.6 Å². The molecule has 0 atom stereocenters. The molecule has 3 rings (SSSR count). The minimum atomic E-state index is -0.108. The van der Waals surface area contributed by atoms with Gasteiger partial charge in [-0.05, 0) is 47.5 Å². The molecule has 0 unspecified atom stereocenters. The summed E-state index contributed by atoms with van der Waals surface area (Å²) in [4.78, 5) is 12.2. The van der Waals surface area contributed by atoms with Gasteiger partial charge in [0.1, 0.15) is 18.1 Å². The van der Waals surface area contributed by atoms with E-state index in [4.69, 9.17) is 9.47 Å². The highest BCUT2D eigenvalue weighted by molar-refractivity contribution is 5.94. The number of hydrogen-bond donors (Lipinski definition) is 1. The van der Waals surface area contributed by atoms with Gasteiger partial charge in [-0.25, -0.2) is 0 Å². The van der Waals surface area contributed by atoms with Gasteiger partial charge in [-0.1, -0.05) is 42.5 Å². The molecule has 1 amide bonds. The van der Waals surface area contributed by atoms with E-state index in [-0.39, 0.29) is 5.91 Å². The van der Waals surface area contributed by atoms with E-state index in [1.807, 2.05) is 78.9 Å². The van der Waals surface area contributed by atoms with Crippen molar-refractivity contribution in [2.45, 2.75) is 0 Å². The number of carbonyl (C=O) groups is 1. The van der Waals surface area contributed by atoms with Gasteiger partial charge >= 0.3 is 0 Å². The second-order valence-corrected chi connectivity index (χ2v) is 5.72. The molecular formula is C22H21NO3. The van der Waals surface area contributed by atoms with Crippen molar-refractivity contribution in [3.8, 4) is 22.6 Å². The molecule has 0 aliphatic heterocycles. The lowest BCUT2D eigenvalue weighted by molar-refractivity contribution is 0.0947. The van der Waals surface area contributed by atoms with Crippen molar-refractivity contribution in [2.75, 3.05) is 20.3 Å². The summed E-state index contributed by atoms with van der Waals surface area (Å²) in [6.45, 7) is 0.839. The van der Waals surface area contributed by atoms with Gasteiger partial charge in [0.05, 0.1) is 13.7 Å². The van der Waals surface area contributed by atoms with Crippen molar-refractivity contribution in [3.05, 3.63) is 84.4 Å². The Bertz CT molecular complexity index is 828. The average molecular weight is 347 g/mol. The first kappa shape index (κ1) is 17.5. The molecule has 0 heterocycles. The maximum atomic E-state index is 12.2. The maximum Gasteiger partial charge on any atom is 0.251 e. The van der Waals surface area contributed by atoms with Gasteiger partial charge in [0.2, 0.25) is 0 Å². The molecule has 0 saturated carbocycles. The predicted molar refractivity (Wildman–Crippen MR) is 103 cm³/mol. The van der Waals surface area contributed by atoms with Crippen LogP contribution in [0.1, 0.15) is 10.4 Å². The zero-order chi connectivity index (χ0) is 18.2. The molecule has 132 valence electrons. The van der Waals surface area contributed by atoms with Crippen molar-refractivity contribution >= 4 is 5.91 Å². The standard InChI is InChI=1S/C22H21NO3/c1-25-20-11-13-21(14-12-20)26-16-15-23-22(24)19-9-7-18(8-10-19)17-5-3-2-4-6-17/h2-14H,15-16H2,1H3,(H,23,24). The zero-order valence-corrected chi connectivity index (χ0v) is 14.6. The van der Waals surface area contributed by atoms with E-state index in [0.29, 0.717) is 18.7 Å². The lowest BCUT2D eigenvalue weighted by atomic mass is 10.0. The first-order valence-corrected chi connectivity index (χ1v) is 8.47. The Labute approximate surface area is 153 Å². The molecule has 1 N–H and O–H groups in total. The summed E-state index contributed by atoms with van der Waals surface area (Å²) in [7, 11) is 1.62. The van der Waals surface area contributed by atoms with Gasteiger partial charge in [-0.2, -0.15) is 0 Å². The van der Waals surface area contributed by atoms with Crippen LogP contribution in [0.2, 0.25) is 0 Å². The second-order valence-electron chi connectivity index (χ2n) is 5.72. The summed E-state index contributed by atoms with van der Waals surface area (Å²) in [6, 6.07) is 25.0. The topological polar surface area (TPSA) is 47.6 Å². The summed E-state index contributed by atoms with van der Waals surface area (Å²) in [5.41, 5.74) is 2.85. The molecule has 0 bridgehead atoms. The van der Waals surface area contributed by atoms with E-state index in [9.17, 15) is 4.79 Å². The molecule has 0 aliphatic carbocycles. The molecule has 4 nitrogen and oxygen atoms in total. The quantitative estimate of drug-likeness (QED) is 0.653. The summed E-state index contributed by atoms with van der Waals surface area (Å²) in [5.74, 6) is 1.42. The van der Waals surface area contributed by atoms with Crippen LogP contribution >= 0.6 is 0 Å². The Kier molecular flexibility index (Phi) is 5.88. The maximum absolute atomic E-state index is 12.2. The third kappa shape index (κ3) is 4.63. The van der Waals surface area contributed by atoms with E-state index < -0.39 is 0 Å². The first-order valence-electron chi connectivity index (χ1n) is 8.47. The summed E-state index contributed by atoms with van der Waals surface area (Å²) in [6.07, 6.45) is 0. The van der Waals surface area contributed by atoms with Crippen LogP contribution < -0.4 is 14.8 Å². The molecule has 0 aliphatic rings. The Morgan fingerprint density at radius 1 is 0.808 bits per heavy atom. The Morgan fingerprint density at radius 2 is 1.42 bits per heavy atom. The fourth-order valence-electron chi connectivity index (χ4n) is 2.55. The van der Waals surface area contributed by atoms with Gasteiger partial charge in [-0.3, -0.25) is 4.79 Å². The van der Waals surface area contributed by atoms with Crippen molar-refractivity contribution in [1.29, 1.82) is 0 Å². The van der Waals surface area contributed by atoms with E-state index in [1.165, 1.54) is 0 Å². The lowest BCUT2D eigenvalue weighted by Crippen LogP contribution is -2.28. The summed E-state index contributed by atoms with van der Waals surface area (Å²) in [5, 5.41) is 2.86. The molecular weight excluding hydrogens is 326 g/mol. The second kappa shape index (κ2) is 8.72. The fraction of sp³-hybridized carbons (Fsp3) is 0.136. The van der Waals surface area contributed by atoms with Gasteiger partial charge in [0.25, 0.3) is 5.91 Å². The minimum absolute atomic E-state index is 0.108. The molecule has 0 aromatic heterocycles. The van der Waals surface area contributed by atoms with Crippen LogP contribution in [0.3, 0.4) is 0 Å². The normalized spacial score (nSPS) is 10.2. The van der Waals surface area contributed by atoms with Crippen LogP contribution in [0.5, 0.6) is 11.5 Å². The van der Waals surface area contributed by atoms with E-state index in [2.05, 4.69) is 5.32 Å². The minimum Gasteiger partial charge on any atom is -0.497 e. The molecule has 3 aromatic rings. The summed E-state index contributed by atoms with van der Waals surface area (Å²) < 4.78 is 10.7. The van der Waals surface area contributed by atoms with Crippen LogP contribution in [0.15, 0.2) is 78.9 Å². The number of nitrogens with one attached hydrogen (secondary N) is 1. The molecule has 4 heteroatoms. The number of ether oxygens (including phenoxy) is 2. The molecule has 26 heavy (non-hydrogen) atoms. The van der Waals surface area contributed by atoms with Crippen molar-refractivity contribution in [3.63, 3.8) is 0 Å². The SMILES string of the molecule is COc1ccc(OCCNC(=O)c2ccc(-c3ccccc3)cc2)cc1. The van der Waals surface area contributed by atoms with Gasteiger partial charge in [0.15, 0.2) is 0 Å². The number of methoxy groups -OCH3 is 1. The van der Waals surface area contributed by atoms with Crippen molar-refractivity contribution < 1.29 is 14.3 Å². The van der Waals surface area contributed by atoms with Crippen LogP contribution in [0.4, 0.5) is 0 Å². The highest BCUT2D eigenvalue weighted by atomic mass is 16.5. The molecule has 0 radical (unpaired) electrons. The molecule has 0 fully saturated rings. The number of rotatable bonds is 7. The number of amides is 1. The molecule has 0 saturated heterocycles. The first-order chi connectivity index (χ1) is 12.8. The third-order valence-corrected chi connectivity index (χ3v) is 3.97. The largest absolute Gasteiger partial charge is 0.497 e. The molecule has 3 aromatic carbocycles. The highest BCUT2D eigenvalue weighted by Crippen LogP contribution is 2.19. The Morgan fingerprint density at radius 3 is 2.08 bits per heavy atom. The highest BCUT2D eigenvalue weighted by Gasteiger charge is 2.05. The third-order valence-electron chi connectivity index (χ3n) is 3.97. The monoisotopic (exact) mass is 347 g/mol. The van der Waals surface area contributed by atoms with E-state index in [1.54, 1.807) is 7.11 Å². The number of carbonyl (C=O) groups excluding carboxylic acids is 1. The van der Waals surface area contributed by atoms with E-state index >= 15 is 0 Å². The fourth-order valence-corrected chi connectivity index (χ4v) is 2.55. The van der Waals surface area contributed by atoms with Crippen LogP contribution in [0.25, 0.3) is 11.1 Å². The van der Waals surface area contributed by atoms with Gasteiger partial charge < -0.3 is 14.8 Å². The smallest absolute Gasteiger partial charge is 0.251 e. The number of benzene rings is 3. The van der Waals surface area contributed by atoms with Gasteiger partial charge in [0, 0.05) is 5.56 Å². The van der Waals surface area contributed by atoms with Crippen molar-refractivity contribution in [1.82, 2.24) is 5.32 Å². The van der Waals surface area contributed by atoms with Crippen LogP contribution in [-0.4, -0.2) is 26.2 Å². The van der Waals surface area contributed by atoms with Crippen LogP contribution in [0, 0.1) is 0 Å². The zero-order valence-electron chi connectivity index (χ0n) is 14.6.